The average molecular weight is 256 g/mol. The van der Waals surface area contributed by atoms with Crippen molar-refractivity contribution in [3.05, 3.63) is 23.0 Å². The van der Waals surface area contributed by atoms with Gasteiger partial charge in [-0.25, -0.2) is 0 Å². The summed E-state index contributed by atoms with van der Waals surface area (Å²) >= 11 is 5.61. The van der Waals surface area contributed by atoms with Crippen molar-refractivity contribution in [1.29, 1.82) is 0 Å². The highest BCUT2D eigenvalue weighted by Gasteiger charge is 2.13. The molecule has 4 nitrogen and oxygen atoms in total. The molecule has 1 unspecified atom stereocenters. The SMILES string of the molecule is Cc1cc(C(=O)NC(C)CCCCl)c(C)nn1. The average Bonchev–Trinajstić information content (AvgIpc) is 2.29. The van der Waals surface area contributed by atoms with Crippen LogP contribution in [0.2, 0.25) is 0 Å². The van der Waals surface area contributed by atoms with Gasteiger partial charge in [-0.2, -0.15) is 10.2 Å². The summed E-state index contributed by atoms with van der Waals surface area (Å²) in [5, 5.41) is 10.8. The zero-order valence-electron chi connectivity index (χ0n) is 10.5. The van der Waals surface area contributed by atoms with Crippen LogP contribution >= 0.6 is 11.6 Å². The highest BCUT2D eigenvalue weighted by atomic mass is 35.5. The maximum absolute atomic E-state index is 12.0. The van der Waals surface area contributed by atoms with E-state index >= 15 is 0 Å². The number of hydrogen-bond acceptors (Lipinski definition) is 3. The normalized spacial score (nSPS) is 12.2. The van der Waals surface area contributed by atoms with Crippen LogP contribution in [0.3, 0.4) is 0 Å². The first-order chi connectivity index (χ1) is 8.04. The third-order valence-electron chi connectivity index (χ3n) is 2.49. The molecule has 0 bridgehead atoms. The van der Waals surface area contributed by atoms with Gasteiger partial charge in [0.1, 0.15) is 0 Å². The second kappa shape index (κ2) is 6.55. The van der Waals surface area contributed by atoms with E-state index in [4.69, 9.17) is 11.6 Å². The molecule has 1 heterocycles. The molecule has 0 saturated heterocycles. The topological polar surface area (TPSA) is 54.9 Å². The molecule has 0 aliphatic heterocycles. The van der Waals surface area contributed by atoms with E-state index in [9.17, 15) is 4.79 Å². The number of halogens is 1. The molecule has 1 aromatic rings. The van der Waals surface area contributed by atoms with Crippen LogP contribution in [0.25, 0.3) is 0 Å². The van der Waals surface area contributed by atoms with Gasteiger partial charge in [0, 0.05) is 11.9 Å². The minimum absolute atomic E-state index is 0.0948. The Hall–Kier alpha value is -1.16. The number of aromatic nitrogens is 2. The van der Waals surface area contributed by atoms with Crippen molar-refractivity contribution in [3.63, 3.8) is 0 Å². The molecule has 94 valence electrons. The van der Waals surface area contributed by atoms with Crippen molar-refractivity contribution in [1.82, 2.24) is 15.5 Å². The molecule has 1 aromatic heterocycles. The molecule has 0 aromatic carbocycles. The molecule has 0 saturated carbocycles. The highest BCUT2D eigenvalue weighted by Crippen LogP contribution is 2.06. The van der Waals surface area contributed by atoms with Crippen molar-refractivity contribution >= 4 is 17.5 Å². The van der Waals surface area contributed by atoms with E-state index < -0.39 is 0 Å². The summed E-state index contributed by atoms with van der Waals surface area (Å²) in [6, 6.07) is 1.88. The Morgan fingerprint density at radius 1 is 1.47 bits per heavy atom. The fourth-order valence-corrected chi connectivity index (χ4v) is 1.69. The quantitative estimate of drug-likeness (QED) is 0.821. The maximum Gasteiger partial charge on any atom is 0.253 e. The van der Waals surface area contributed by atoms with Gasteiger partial charge in [0.15, 0.2) is 0 Å². The molecule has 1 rings (SSSR count). The third kappa shape index (κ3) is 4.30. The molecule has 0 spiro atoms. The molecule has 1 atom stereocenters. The molecule has 17 heavy (non-hydrogen) atoms. The van der Waals surface area contributed by atoms with Crippen LogP contribution in [0, 0.1) is 13.8 Å². The Morgan fingerprint density at radius 2 is 2.18 bits per heavy atom. The van der Waals surface area contributed by atoms with Crippen LogP contribution in [0.5, 0.6) is 0 Å². The second-order valence-electron chi connectivity index (χ2n) is 4.19. The molecule has 0 fully saturated rings. The molecule has 0 aliphatic rings. The summed E-state index contributed by atoms with van der Waals surface area (Å²) < 4.78 is 0. The van der Waals surface area contributed by atoms with E-state index in [1.165, 1.54) is 0 Å². The largest absolute Gasteiger partial charge is 0.350 e. The van der Waals surface area contributed by atoms with E-state index in [0.717, 1.165) is 18.5 Å². The summed E-state index contributed by atoms with van der Waals surface area (Å²) in [6.45, 7) is 5.58. The van der Waals surface area contributed by atoms with Crippen molar-refractivity contribution < 1.29 is 4.79 Å². The van der Waals surface area contributed by atoms with Crippen molar-refractivity contribution in [3.8, 4) is 0 Å². The molecule has 1 amide bonds. The number of nitrogens with one attached hydrogen (secondary N) is 1. The van der Waals surface area contributed by atoms with Gasteiger partial charge >= 0.3 is 0 Å². The van der Waals surface area contributed by atoms with Crippen LogP contribution in [0.15, 0.2) is 6.07 Å². The smallest absolute Gasteiger partial charge is 0.253 e. The van der Waals surface area contributed by atoms with E-state index in [-0.39, 0.29) is 11.9 Å². The summed E-state index contributed by atoms with van der Waals surface area (Å²) in [5.74, 6) is 0.525. The van der Waals surface area contributed by atoms with Gasteiger partial charge in [0.2, 0.25) is 0 Å². The van der Waals surface area contributed by atoms with E-state index in [2.05, 4.69) is 15.5 Å². The van der Waals surface area contributed by atoms with Crippen molar-refractivity contribution in [2.45, 2.75) is 39.7 Å². The minimum atomic E-state index is -0.0948. The number of nitrogens with zero attached hydrogens (tertiary/aromatic N) is 2. The van der Waals surface area contributed by atoms with Crippen molar-refractivity contribution in [2.75, 3.05) is 5.88 Å². The fourth-order valence-electron chi connectivity index (χ4n) is 1.54. The van der Waals surface area contributed by atoms with Crippen LogP contribution in [-0.4, -0.2) is 28.0 Å². The molecular formula is C12H18ClN3O. The van der Waals surface area contributed by atoms with Crippen LogP contribution in [0.4, 0.5) is 0 Å². The Balaban J connectivity index is 2.66. The predicted octanol–water partition coefficient (Wildman–Crippen LogP) is 2.23. The van der Waals surface area contributed by atoms with Crippen LogP contribution in [0.1, 0.15) is 41.5 Å². The molecule has 5 heteroatoms. The van der Waals surface area contributed by atoms with Gasteiger partial charge < -0.3 is 5.32 Å². The van der Waals surface area contributed by atoms with Crippen LogP contribution in [-0.2, 0) is 0 Å². The third-order valence-corrected chi connectivity index (χ3v) is 2.76. The highest BCUT2D eigenvalue weighted by molar-refractivity contribution is 6.17. The standard InChI is InChI=1S/C12H18ClN3O/c1-8(5-4-6-13)14-12(17)11-7-9(2)15-16-10(11)3/h7-8H,4-6H2,1-3H3,(H,14,17). The lowest BCUT2D eigenvalue weighted by Crippen LogP contribution is -2.33. The lowest BCUT2D eigenvalue weighted by molar-refractivity contribution is 0.0937. The van der Waals surface area contributed by atoms with E-state index in [1.807, 2.05) is 13.8 Å². The summed E-state index contributed by atoms with van der Waals surface area (Å²) in [7, 11) is 0. The Morgan fingerprint density at radius 3 is 2.82 bits per heavy atom. The Labute approximate surface area is 107 Å². The van der Waals surface area contributed by atoms with Gasteiger partial charge in [0.05, 0.1) is 17.0 Å². The molecular weight excluding hydrogens is 238 g/mol. The van der Waals surface area contributed by atoms with Gasteiger partial charge in [-0.15, -0.1) is 11.6 Å². The Bertz CT molecular complexity index is 395. The number of hydrogen-bond donors (Lipinski definition) is 1. The monoisotopic (exact) mass is 255 g/mol. The minimum Gasteiger partial charge on any atom is -0.350 e. The van der Waals surface area contributed by atoms with Crippen LogP contribution < -0.4 is 5.32 Å². The first-order valence-electron chi connectivity index (χ1n) is 5.72. The summed E-state index contributed by atoms with van der Waals surface area (Å²) in [5.41, 5.74) is 1.99. The lowest BCUT2D eigenvalue weighted by atomic mass is 10.1. The van der Waals surface area contributed by atoms with Gasteiger partial charge in [0.25, 0.3) is 5.91 Å². The zero-order chi connectivity index (χ0) is 12.8. The van der Waals surface area contributed by atoms with E-state index in [1.54, 1.807) is 13.0 Å². The maximum atomic E-state index is 12.0. The predicted molar refractivity (Wildman–Crippen MR) is 68.4 cm³/mol. The first-order valence-corrected chi connectivity index (χ1v) is 6.25. The molecule has 0 aliphatic carbocycles. The lowest BCUT2D eigenvalue weighted by Gasteiger charge is -2.13. The number of carbonyl (C=O) groups excluding carboxylic acids is 1. The number of amides is 1. The first kappa shape index (κ1) is 13.9. The molecule has 0 radical (unpaired) electrons. The summed E-state index contributed by atoms with van der Waals surface area (Å²) in [6.07, 6.45) is 1.78. The van der Waals surface area contributed by atoms with Gasteiger partial charge in [-0.05, 0) is 39.7 Å². The number of rotatable bonds is 5. The summed E-state index contributed by atoms with van der Waals surface area (Å²) in [4.78, 5) is 12.0. The second-order valence-corrected chi connectivity index (χ2v) is 4.57. The molecule has 1 N–H and O–H groups in total. The van der Waals surface area contributed by atoms with Gasteiger partial charge in [-0.3, -0.25) is 4.79 Å². The van der Waals surface area contributed by atoms with E-state index in [0.29, 0.717) is 17.1 Å². The number of carbonyl (C=O) groups is 1. The van der Waals surface area contributed by atoms with Gasteiger partial charge in [-0.1, -0.05) is 0 Å². The van der Waals surface area contributed by atoms with Crippen molar-refractivity contribution in [2.24, 2.45) is 0 Å². The zero-order valence-corrected chi connectivity index (χ0v) is 11.2. The fraction of sp³-hybridized carbons (Fsp3) is 0.583. The number of alkyl halides is 1. The Kier molecular flexibility index (Phi) is 5.35. The number of aryl methyl sites for hydroxylation is 2.